The second-order valence-corrected chi connectivity index (χ2v) is 7.41. The third-order valence-corrected chi connectivity index (χ3v) is 5.51. The first kappa shape index (κ1) is 15.6. The molecule has 4 heteroatoms. The van der Waals surface area contributed by atoms with Crippen LogP contribution in [0.2, 0.25) is 0 Å². The lowest BCUT2D eigenvalue weighted by Crippen LogP contribution is -2.72. The molecule has 2 heterocycles. The molecule has 0 unspecified atom stereocenters. The molecule has 2 rings (SSSR count). The number of rotatable bonds is 3. The number of hydrogen-bond acceptors (Lipinski definition) is 2. The van der Waals surface area contributed by atoms with Gasteiger partial charge in [-0.15, -0.1) is 0 Å². The Labute approximate surface area is 124 Å². The summed E-state index contributed by atoms with van der Waals surface area (Å²) in [6.07, 6.45) is 4.13. The van der Waals surface area contributed by atoms with Crippen LogP contribution in [0.15, 0.2) is 4.99 Å². The van der Waals surface area contributed by atoms with Crippen LogP contribution in [0.1, 0.15) is 47.0 Å². The van der Waals surface area contributed by atoms with Gasteiger partial charge in [0.15, 0.2) is 5.96 Å². The van der Waals surface area contributed by atoms with Gasteiger partial charge < -0.3 is 15.1 Å². The van der Waals surface area contributed by atoms with Crippen LogP contribution in [0.3, 0.4) is 0 Å². The Morgan fingerprint density at radius 3 is 2.25 bits per heavy atom. The highest BCUT2D eigenvalue weighted by Crippen LogP contribution is 2.46. The maximum absolute atomic E-state index is 4.47. The van der Waals surface area contributed by atoms with Gasteiger partial charge in [0.1, 0.15) is 0 Å². The van der Waals surface area contributed by atoms with Crippen molar-refractivity contribution in [2.75, 3.05) is 39.8 Å². The average Bonchev–Trinajstić information content (AvgIpc) is 2.43. The Balaban J connectivity index is 1.79. The molecule has 2 fully saturated rings. The Morgan fingerprint density at radius 1 is 1.10 bits per heavy atom. The molecule has 0 aromatic carbocycles. The van der Waals surface area contributed by atoms with Gasteiger partial charge in [-0.25, -0.2) is 0 Å². The second kappa shape index (κ2) is 5.92. The smallest absolute Gasteiger partial charge is 0.194 e. The van der Waals surface area contributed by atoms with Crippen molar-refractivity contribution in [2.24, 2.45) is 10.4 Å². The lowest BCUT2D eigenvalue weighted by Gasteiger charge is -2.62. The van der Waals surface area contributed by atoms with Crippen LogP contribution >= 0.6 is 0 Å². The summed E-state index contributed by atoms with van der Waals surface area (Å²) in [5.74, 6) is 1.06. The number of nitrogens with one attached hydrogen (secondary N) is 1. The zero-order valence-corrected chi connectivity index (χ0v) is 14.0. The molecule has 0 spiro atoms. The quantitative estimate of drug-likeness (QED) is 0.635. The SMILES string of the molecule is CN=C(NCCN1CCCCC1)N1CC(C)(C)C1(C)C. The second-order valence-electron chi connectivity index (χ2n) is 7.41. The van der Waals surface area contributed by atoms with E-state index in [2.05, 4.69) is 47.8 Å². The van der Waals surface area contributed by atoms with E-state index in [1.54, 1.807) is 0 Å². The predicted molar refractivity (Wildman–Crippen MR) is 86.2 cm³/mol. The van der Waals surface area contributed by atoms with Crippen LogP contribution in [-0.2, 0) is 0 Å². The molecule has 0 aromatic rings. The molecular weight excluding hydrogens is 248 g/mol. The molecular formula is C16H32N4. The zero-order valence-electron chi connectivity index (χ0n) is 14.0. The molecule has 0 saturated carbocycles. The molecule has 0 atom stereocenters. The molecule has 4 nitrogen and oxygen atoms in total. The van der Waals surface area contributed by atoms with Gasteiger partial charge in [-0.1, -0.05) is 20.3 Å². The van der Waals surface area contributed by atoms with Crippen molar-refractivity contribution in [2.45, 2.75) is 52.5 Å². The first-order chi connectivity index (χ1) is 9.38. The third kappa shape index (κ3) is 2.95. The number of hydrogen-bond donors (Lipinski definition) is 1. The highest BCUT2D eigenvalue weighted by atomic mass is 15.4. The van der Waals surface area contributed by atoms with Crippen LogP contribution in [0.5, 0.6) is 0 Å². The van der Waals surface area contributed by atoms with Crippen molar-refractivity contribution in [3.05, 3.63) is 0 Å². The molecule has 0 bridgehead atoms. The molecule has 1 N–H and O–H groups in total. The zero-order chi connectivity index (χ0) is 14.8. The molecule has 0 aromatic heterocycles. The van der Waals surface area contributed by atoms with Gasteiger partial charge in [-0.05, 0) is 39.8 Å². The van der Waals surface area contributed by atoms with E-state index >= 15 is 0 Å². The Hall–Kier alpha value is -0.770. The number of piperidine rings is 1. The van der Waals surface area contributed by atoms with Gasteiger partial charge in [0.05, 0.1) is 0 Å². The summed E-state index contributed by atoms with van der Waals surface area (Å²) in [7, 11) is 1.89. The van der Waals surface area contributed by atoms with Gasteiger partial charge in [0, 0.05) is 37.6 Å². The summed E-state index contributed by atoms with van der Waals surface area (Å²) in [6.45, 7) is 15.1. The van der Waals surface area contributed by atoms with Crippen molar-refractivity contribution in [3.63, 3.8) is 0 Å². The fourth-order valence-corrected chi connectivity index (χ4v) is 3.20. The van der Waals surface area contributed by atoms with Crippen molar-refractivity contribution < 1.29 is 0 Å². The standard InChI is InChI=1S/C16H32N4/c1-15(2)13-20(16(15,3)4)14(17-5)18-9-12-19-10-7-6-8-11-19/h6-13H2,1-5H3,(H,17,18). The molecule has 2 aliphatic rings. The maximum atomic E-state index is 4.47. The fourth-order valence-electron chi connectivity index (χ4n) is 3.20. The largest absolute Gasteiger partial charge is 0.355 e. The van der Waals surface area contributed by atoms with Crippen LogP contribution < -0.4 is 5.32 Å². The van der Waals surface area contributed by atoms with E-state index in [1.807, 2.05) is 7.05 Å². The minimum absolute atomic E-state index is 0.181. The molecule has 116 valence electrons. The summed E-state index contributed by atoms with van der Waals surface area (Å²) in [4.78, 5) is 9.44. The van der Waals surface area contributed by atoms with Gasteiger partial charge >= 0.3 is 0 Å². The number of likely N-dealkylation sites (tertiary alicyclic amines) is 2. The molecule has 2 aliphatic heterocycles. The Bertz CT molecular complexity index is 353. The number of aliphatic imine (C=N–C) groups is 1. The van der Waals surface area contributed by atoms with Gasteiger partial charge in [0.2, 0.25) is 0 Å². The van der Waals surface area contributed by atoms with E-state index in [-0.39, 0.29) is 5.54 Å². The third-order valence-electron chi connectivity index (χ3n) is 5.51. The average molecular weight is 280 g/mol. The van der Waals surface area contributed by atoms with Crippen LogP contribution in [0.4, 0.5) is 0 Å². The maximum Gasteiger partial charge on any atom is 0.194 e. The van der Waals surface area contributed by atoms with Crippen LogP contribution in [0.25, 0.3) is 0 Å². The molecule has 20 heavy (non-hydrogen) atoms. The van der Waals surface area contributed by atoms with E-state index in [0.717, 1.165) is 25.6 Å². The minimum Gasteiger partial charge on any atom is -0.355 e. The summed E-state index contributed by atoms with van der Waals surface area (Å²) in [5, 5.41) is 3.55. The van der Waals surface area contributed by atoms with Crippen molar-refractivity contribution in [1.29, 1.82) is 0 Å². The first-order valence-corrected chi connectivity index (χ1v) is 8.09. The van der Waals surface area contributed by atoms with Crippen LogP contribution in [0, 0.1) is 5.41 Å². The van der Waals surface area contributed by atoms with E-state index in [4.69, 9.17) is 0 Å². The number of nitrogens with zero attached hydrogens (tertiary/aromatic N) is 3. The van der Waals surface area contributed by atoms with Gasteiger partial charge in [0.25, 0.3) is 0 Å². The summed E-state index contributed by atoms with van der Waals surface area (Å²) in [5.41, 5.74) is 0.539. The van der Waals surface area contributed by atoms with Crippen molar-refractivity contribution in [3.8, 4) is 0 Å². The normalized spacial score (nSPS) is 26.2. The highest BCUT2D eigenvalue weighted by molar-refractivity contribution is 5.82. The Kier molecular flexibility index (Phi) is 4.62. The topological polar surface area (TPSA) is 30.9 Å². The van der Waals surface area contributed by atoms with Gasteiger partial charge in [-0.2, -0.15) is 0 Å². The summed E-state index contributed by atoms with van der Waals surface area (Å²) in [6, 6.07) is 0. The van der Waals surface area contributed by atoms with E-state index in [0.29, 0.717) is 5.41 Å². The number of guanidine groups is 1. The fraction of sp³-hybridized carbons (Fsp3) is 0.938. The molecule has 0 radical (unpaired) electrons. The van der Waals surface area contributed by atoms with Crippen molar-refractivity contribution >= 4 is 5.96 Å². The molecule has 2 saturated heterocycles. The minimum atomic E-state index is 0.181. The highest BCUT2D eigenvalue weighted by Gasteiger charge is 2.53. The van der Waals surface area contributed by atoms with E-state index in [9.17, 15) is 0 Å². The molecule has 0 amide bonds. The summed E-state index contributed by atoms with van der Waals surface area (Å²) >= 11 is 0. The Morgan fingerprint density at radius 2 is 1.75 bits per heavy atom. The van der Waals surface area contributed by atoms with Crippen LogP contribution in [-0.4, -0.2) is 61.1 Å². The lowest BCUT2D eigenvalue weighted by molar-refractivity contribution is -0.0667. The monoisotopic (exact) mass is 280 g/mol. The van der Waals surface area contributed by atoms with E-state index in [1.165, 1.54) is 32.4 Å². The molecule has 0 aliphatic carbocycles. The predicted octanol–water partition coefficient (Wildman–Crippen LogP) is 2.17. The summed E-state index contributed by atoms with van der Waals surface area (Å²) < 4.78 is 0. The van der Waals surface area contributed by atoms with Crippen molar-refractivity contribution in [1.82, 2.24) is 15.1 Å². The first-order valence-electron chi connectivity index (χ1n) is 8.09. The lowest BCUT2D eigenvalue weighted by atomic mass is 9.65. The van der Waals surface area contributed by atoms with E-state index < -0.39 is 0 Å². The van der Waals surface area contributed by atoms with Gasteiger partial charge in [-0.3, -0.25) is 4.99 Å².